The number of carbonyl (C=O) groups is 1. The maximum absolute atomic E-state index is 11.1. The third-order valence-corrected chi connectivity index (χ3v) is 3.29. The van der Waals surface area contributed by atoms with Crippen molar-refractivity contribution in [2.45, 2.75) is 32.1 Å². The molecule has 2 heteroatoms. The molecule has 1 N–H and O–H groups in total. The Kier molecular flexibility index (Phi) is 3.60. The van der Waals surface area contributed by atoms with Gasteiger partial charge < -0.3 is 5.11 Å². The Balaban J connectivity index is 1.88. The lowest BCUT2D eigenvalue weighted by molar-refractivity contribution is -0.142. The summed E-state index contributed by atoms with van der Waals surface area (Å²) in [5, 5.41) is 9.17. The van der Waals surface area contributed by atoms with E-state index in [0.717, 1.165) is 24.3 Å². The monoisotopic (exact) mass is 218 g/mol. The molecule has 0 aromatic heterocycles. The summed E-state index contributed by atoms with van der Waals surface area (Å²) in [5.74, 6) is -0.0369. The molecule has 16 heavy (non-hydrogen) atoms. The van der Waals surface area contributed by atoms with Crippen LogP contribution in [0.3, 0.4) is 0 Å². The molecule has 2 rings (SSSR count). The van der Waals surface area contributed by atoms with Gasteiger partial charge in [-0.15, -0.1) is 0 Å². The van der Waals surface area contributed by atoms with Gasteiger partial charge in [0.2, 0.25) is 0 Å². The smallest absolute Gasteiger partial charge is 0.306 e. The first-order valence-corrected chi connectivity index (χ1v) is 6.02. The lowest BCUT2D eigenvalue weighted by Crippen LogP contribution is -2.16. The van der Waals surface area contributed by atoms with Gasteiger partial charge in [-0.2, -0.15) is 0 Å². The summed E-state index contributed by atoms with van der Waals surface area (Å²) >= 11 is 0. The number of aliphatic carboxylic acids is 1. The van der Waals surface area contributed by atoms with Crippen molar-refractivity contribution >= 4 is 5.97 Å². The molecule has 1 saturated carbocycles. The minimum atomic E-state index is -0.649. The van der Waals surface area contributed by atoms with Gasteiger partial charge in [0.1, 0.15) is 0 Å². The molecule has 0 aliphatic heterocycles. The topological polar surface area (TPSA) is 37.3 Å². The fraction of sp³-hybridized carbons (Fsp3) is 0.500. The number of hydrogen-bond acceptors (Lipinski definition) is 1. The van der Waals surface area contributed by atoms with Crippen molar-refractivity contribution in [2.24, 2.45) is 11.8 Å². The standard InChI is InChI=1S/C14H18O2/c15-14(16)13(9-8-11-6-7-11)10-12-4-2-1-3-5-12/h1-5,11,13H,6-10H2,(H,15,16). The molecule has 1 aliphatic carbocycles. The maximum atomic E-state index is 11.1. The van der Waals surface area contributed by atoms with Crippen LogP contribution in [0.4, 0.5) is 0 Å². The van der Waals surface area contributed by atoms with E-state index in [4.69, 9.17) is 5.11 Å². The third kappa shape index (κ3) is 3.37. The van der Waals surface area contributed by atoms with Crippen LogP contribution in [0.15, 0.2) is 30.3 Å². The predicted molar refractivity (Wildman–Crippen MR) is 63.2 cm³/mol. The molecular weight excluding hydrogens is 200 g/mol. The zero-order valence-electron chi connectivity index (χ0n) is 9.43. The molecule has 86 valence electrons. The van der Waals surface area contributed by atoms with Crippen LogP contribution in [0.5, 0.6) is 0 Å². The van der Waals surface area contributed by atoms with Crippen molar-refractivity contribution in [1.82, 2.24) is 0 Å². The van der Waals surface area contributed by atoms with E-state index in [1.165, 1.54) is 12.8 Å². The molecule has 0 amide bonds. The highest BCUT2D eigenvalue weighted by molar-refractivity contribution is 5.70. The Labute approximate surface area is 96.3 Å². The van der Waals surface area contributed by atoms with Crippen LogP contribution in [0, 0.1) is 11.8 Å². The molecule has 1 aromatic rings. The van der Waals surface area contributed by atoms with Gasteiger partial charge in [-0.25, -0.2) is 0 Å². The van der Waals surface area contributed by atoms with Crippen LogP contribution in [0.1, 0.15) is 31.2 Å². The largest absolute Gasteiger partial charge is 0.481 e. The summed E-state index contributed by atoms with van der Waals surface area (Å²) in [6.45, 7) is 0. The highest BCUT2D eigenvalue weighted by Gasteiger charge is 2.25. The fourth-order valence-corrected chi connectivity index (χ4v) is 2.05. The average molecular weight is 218 g/mol. The summed E-state index contributed by atoms with van der Waals surface area (Å²) in [5.41, 5.74) is 1.13. The third-order valence-electron chi connectivity index (χ3n) is 3.29. The Hall–Kier alpha value is -1.31. The van der Waals surface area contributed by atoms with Crippen molar-refractivity contribution in [1.29, 1.82) is 0 Å². The van der Waals surface area contributed by atoms with Crippen LogP contribution < -0.4 is 0 Å². The number of rotatable bonds is 6. The van der Waals surface area contributed by atoms with Gasteiger partial charge in [-0.05, 0) is 30.7 Å². The molecule has 0 saturated heterocycles. The van der Waals surface area contributed by atoms with E-state index in [1.807, 2.05) is 30.3 Å². The van der Waals surface area contributed by atoms with Crippen molar-refractivity contribution in [3.63, 3.8) is 0 Å². The van der Waals surface area contributed by atoms with E-state index >= 15 is 0 Å². The minimum absolute atomic E-state index is 0.206. The first-order chi connectivity index (χ1) is 7.75. The second kappa shape index (κ2) is 5.15. The van der Waals surface area contributed by atoms with Crippen molar-refractivity contribution in [2.75, 3.05) is 0 Å². The van der Waals surface area contributed by atoms with Gasteiger partial charge in [0, 0.05) is 0 Å². The molecule has 1 unspecified atom stereocenters. The van der Waals surface area contributed by atoms with Crippen LogP contribution in [-0.2, 0) is 11.2 Å². The summed E-state index contributed by atoms with van der Waals surface area (Å²) in [7, 11) is 0. The van der Waals surface area contributed by atoms with Crippen LogP contribution in [-0.4, -0.2) is 11.1 Å². The van der Waals surface area contributed by atoms with Crippen molar-refractivity contribution in [3.8, 4) is 0 Å². The molecule has 0 bridgehead atoms. The Morgan fingerprint density at radius 3 is 2.56 bits per heavy atom. The lowest BCUT2D eigenvalue weighted by Gasteiger charge is -2.11. The van der Waals surface area contributed by atoms with E-state index in [0.29, 0.717) is 6.42 Å². The van der Waals surface area contributed by atoms with E-state index in [9.17, 15) is 4.79 Å². The number of hydrogen-bond donors (Lipinski definition) is 1. The fourth-order valence-electron chi connectivity index (χ4n) is 2.05. The second-order valence-electron chi connectivity index (χ2n) is 4.75. The summed E-state index contributed by atoms with van der Waals surface area (Å²) in [6, 6.07) is 9.91. The SMILES string of the molecule is O=C(O)C(CCC1CC1)Cc1ccccc1. The van der Waals surface area contributed by atoms with E-state index in [1.54, 1.807) is 0 Å². The lowest BCUT2D eigenvalue weighted by atomic mass is 9.94. The minimum Gasteiger partial charge on any atom is -0.481 e. The zero-order chi connectivity index (χ0) is 11.4. The maximum Gasteiger partial charge on any atom is 0.306 e. The van der Waals surface area contributed by atoms with Gasteiger partial charge in [0.05, 0.1) is 5.92 Å². The molecule has 1 aliphatic rings. The molecule has 0 radical (unpaired) electrons. The van der Waals surface area contributed by atoms with E-state index in [2.05, 4.69) is 0 Å². The van der Waals surface area contributed by atoms with E-state index in [-0.39, 0.29) is 5.92 Å². The van der Waals surface area contributed by atoms with Gasteiger partial charge >= 0.3 is 5.97 Å². The summed E-state index contributed by atoms with van der Waals surface area (Å²) < 4.78 is 0. The van der Waals surface area contributed by atoms with Crippen LogP contribution in [0.25, 0.3) is 0 Å². The van der Waals surface area contributed by atoms with Crippen LogP contribution in [0.2, 0.25) is 0 Å². The molecule has 1 fully saturated rings. The summed E-state index contributed by atoms with van der Waals surface area (Å²) in [6.07, 6.45) is 5.19. The molecule has 0 spiro atoms. The van der Waals surface area contributed by atoms with Gasteiger partial charge in [0.15, 0.2) is 0 Å². The van der Waals surface area contributed by atoms with Crippen molar-refractivity contribution < 1.29 is 9.90 Å². The Morgan fingerprint density at radius 1 is 1.31 bits per heavy atom. The molecule has 0 heterocycles. The number of carboxylic acids is 1. The summed E-state index contributed by atoms with van der Waals surface area (Å²) in [4.78, 5) is 11.1. The molecule has 1 aromatic carbocycles. The van der Waals surface area contributed by atoms with Gasteiger partial charge in [-0.3, -0.25) is 4.79 Å². The Bertz CT molecular complexity index is 341. The average Bonchev–Trinajstić information content (AvgIpc) is 3.09. The van der Waals surface area contributed by atoms with Gasteiger partial charge in [0.25, 0.3) is 0 Å². The zero-order valence-corrected chi connectivity index (χ0v) is 9.43. The number of carboxylic acid groups (broad SMARTS) is 1. The Morgan fingerprint density at radius 2 is 2.00 bits per heavy atom. The highest BCUT2D eigenvalue weighted by Crippen LogP contribution is 2.35. The highest BCUT2D eigenvalue weighted by atomic mass is 16.4. The van der Waals surface area contributed by atoms with E-state index < -0.39 is 5.97 Å². The molecule has 1 atom stereocenters. The predicted octanol–water partition coefficient (Wildman–Crippen LogP) is 3.12. The first kappa shape index (κ1) is 11.2. The van der Waals surface area contributed by atoms with Crippen molar-refractivity contribution in [3.05, 3.63) is 35.9 Å². The normalized spacial score (nSPS) is 17.0. The van der Waals surface area contributed by atoms with Gasteiger partial charge in [-0.1, -0.05) is 43.2 Å². The molecular formula is C14H18O2. The van der Waals surface area contributed by atoms with Crippen LogP contribution >= 0.6 is 0 Å². The number of benzene rings is 1. The quantitative estimate of drug-likeness (QED) is 0.796. The first-order valence-electron chi connectivity index (χ1n) is 6.02. The molecule has 2 nitrogen and oxygen atoms in total. The second-order valence-corrected chi connectivity index (χ2v) is 4.75.